The van der Waals surface area contributed by atoms with Crippen LogP contribution in [-0.4, -0.2) is 51.7 Å². The molecule has 0 N–H and O–H groups in total. The van der Waals surface area contributed by atoms with Crippen molar-refractivity contribution in [3.05, 3.63) is 82.4 Å². The van der Waals surface area contributed by atoms with Crippen LogP contribution < -0.4 is 4.74 Å². The van der Waals surface area contributed by atoms with Gasteiger partial charge in [0.05, 0.1) is 0 Å². The average molecular weight is 443 g/mol. The predicted octanol–water partition coefficient (Wildman–Crippen LogP) is 3.98. The number of ether oxygens (including phenoxy) is 1. The number of nitrogens with zero attached hydrogens (tertiary/aromatic N) is 4. The monoisotopic (exact) mass is 442 g/mol. The smallest absolute Gasteiger partial charge is 0.274 e. The van der Waals surface area contributed by atoms with Gasteiger partial charge in [0.25, 0.3) is 5.91 Å². The largest absolute Gasteiger partial charge is 0.471 e. The Kier molecular flexibility index (Phi) is 6.53. The van der Waals surface area contributed by atoms with E-state index in [9.17, 15) is 9.18 Å². The fraction of sp³-hybridized carbons (Fsp3) is 0.304. The van der Waals surface area contributed by atoms with Crippen LogP contribution in [0.25, 0.3) is 0 Å². The molecule has 1 aromatic heterocycles. The molecule has 0 spiro atoms. The maximum Gasteiger partial charge on any atom is 0.274 e. The number of rotatable bonds is 6. The van der Waals surface area contributed by atoms with Crippen molar-refractivity contribution >= 4 is 17.5 Å². The van der Waals surface area contributed by atoms with Crippen LogP contribution in [0, 0.1) is 12.7 Å². The molecule has 0 bridgehead atoms. The molecule has 2 heterocycles. The van der Waals surface area contributed by atoms with Crippen molar-refractivity contribution in [3.8, 4) is 5.75 Å². The number of carbonyl (C=O) groups excluding carboxylic acids is 1. The first-order chi connectivity index (χ1) is 15.0. The van der Waals surface area contributed by atoms with Crippen molar-refractivity contribution < 1.29 is 13.9 Å². The summed E-state index contributed by atoms with van der Waals surface area (Å²) in [5, 5.41) is 5.04. The molecular weight excluding hydrogens is 419 g/mol. The highest BCUT2D eigenvalue weighted by atomic mass is 35.5. The number of amides is 1. The van der Waals surface area contributed by atoms with E-state index in [1.165, 1.54) is 6.07 Å². The van der Waals surface area contributed by atoms with Crippen molar-refractivity contribution in [2.45, 2.75) is 20.2 Å². The van der Waals surface area contributed by atoms with Gasteiger partial charge in [-0.05, 0) is 42.8 Å². The zero-order chi connectivity index (χ0) is 21.8. The zero-order valence-electron chi connectivity index (χ0n) is 17.3. The molecule has 8 heteroatoms. The molecule has 1 saturated heterocycles. The van der Waals surface area contributed by atoms with Crippen molar-refractivity contribution in [2.24, 2.45) is 0 Å². The molecule has 1 aliphatic rings. The lowest BCUT2D eigenvalue weighted by Gasteiger charge is -2.34. The molecule has 1 amide bonds. The van der Waals surface area contributed by atoms with Gasteiger partial charge >= 0.3 is 0 Å². The third-order valence-corrected chi connectivity index (χ3v) is 5.79. The summed E-state index contributed by atoms with van der Waals surface area (Å²) in [5.74, 6) is 0.394. The van der Waals surface area contributed by atoms with Gasteiger partial charge in [-0.3, -0.25) is 9.69 Å². The molecule has 2 aromatic carbocycles. The number of benzene rings is 2. The van der Waals surface area contributed by atoms with Crippen LogP contribution in [0.1, 0.15) is 21.6 Å². The van der Waals surface area contributed by atoms with Gasteiger partial charge in [0.15, 0.2) is 12.4 Å². The average Bonchev–Trinajstić information content (AvgIpc) is 3.25. The van der Waals surface area contributed by atoms with Crippen LogP contribution in [0.4, 0.5) is 4.39 Å². The molecule has 6 nitrogen and oxygen atoms in total. The Morgan fingerprint density at radius 2 is 1.90 bits per heavy atom. The third-order valence-electron chi connectivity index (χ3n) is 5.36. The van der Waals surface area contributed by atoms with E-state index in [4.69, 9.17) is 16.3 Å². The highest BCUT2D eigenvalue weighted by Gasteiger charge is 2.24. The van der Waals surface area contributed by atoms with Crippen LogP contribution in [0.15, 0.2) is 54.7 Å². The molecule has 0 aliphatic carbocycles. The van der Waals surface area contributed by atoms with E-state index >= 15 is 0 Å². The Morgan fingerprint density at radius 1 is 1.13 bits per heavy atom. The summed E-state index contributed by atoms with van der Waals surface area (Å²) in [7, 11) is 0. The van der Waals surface area contributed by atoms with E-state index in [1.54, 1.807) is 46.1 Å². The highest BCUT2D eigenvalue weighted by Crippen LogP contribution is 2.21. The van der Waals surface area contributed by atoms with Crippen LogP contribution in [0.5, 0.6) is 5.75 Å². The Bertz CT molecular complexity index is 1060. The van der Waals surface area contributed by atoms with Gasteiger partial charge < -0.3 is 9.64 Å². The molecule has 0 radical (unpaired) electrons. The minimum atomic E-state index is -0.192. The second-order valence-corrected chi connectivity index (χ2v) is 7.99. The Hall–Kier alpha value is -2.90. The lowest BCUT2D eigenvalue weighted by Crippen LogP contribution is -2.48. The normalized spacial score (nSPS) is 14.6. The Balaban J connectivity index is 1.29. The summed E-state index contributed by atoms with van der Waals surface area (Å²) in [4.78, 5) is 16.7. The number of hydrogen-bond donors (Lipinski definition) is 0. The summed E-state index contributed by atoms with van der Waals surface area (Å²) < 4.78 is 21.2. The van der Waals surface area contributed by atoms with Gasteiger partial charge in [0.1, 0.15) is 11.6 Å². The van der Waals surface area contributed by atoms with Crippen molar-refractivity contribution in [1.29, 1.82) is 0 Å². The summed E-state index contributed by atoms with van der Waals surface area (Å²) in [6.07, 6.45) is 1.73. The predicted molar refractivity (Wildman–Crippen MR) is 117 cm³/mol. The molecule has 1 fully saturated rings. The van der Waals surface area contributed by atoms with Crippen molar-refractivity contribution in [1.82, 2.24) is 19.6 Å². The molecule has 0 unspecified atom stereocenters. The number of hydrogen-bond acceptors (Lipinski definition) is 4. The summed E-state index contributed by atoms with van der Waals surface area (Å²) in [5.41, 5.74) is 2.00. The van der Waals surface area contributed by atoms with Crippen LogP contribution in [-0.2, 0) is 13.3 Å². The van der Waals surface area contributed by atoms with Gasteiger partial charge in [-0.25, -0.2) is 9.07 Å². The second-order valence-electron chi connectivity index (χ2n) is 7.58. The lowest BCUT2D eigenvalue weighted by atomic mass is 10.2. The first-order valence-electron chi connectivity index (χ1n) is 10.2. The van der Waals surface area contributed by atoms with E-state index in [0.717, 1.165) is 5.56 Å². The van der Waals surface area contributed by atoms with Crippen LogP contribution in [0.3, 0.4) is 0 Å². The molecule has 31 heavy (non-hydrogen) atoms. The number of halogens is 2. The van der Waals surface area contributed by atoms with Crippen LogP contribution in [0.2, 0.25) is 5.02 Å². The van der Waals surface area contributed by atoms with E-state index in [2.05, 4.69) is 10.00 Å². The number of aromatic nitrogens is 2. The van der Waals surface area contributed by atoms with Gasteiger partial charge in [-0.1, -0.05) is 29.8 Å². The molecule has 162 valence electrons. The lowest BCUT2D eigenvalue weighted by molar-refractivity contribution is 0.0619. The van der Waals surface area contributed by atoms with E-state index in [-0.39, 0.29) is 18.5 Å². The molecule has 3 aromatic rings. The standard InChI is InChI=1S/C23H24ClFN4O2/c1-17-14-19(6-7-20(17)24)31-16-29-9-8-22(26-29)23(30)28-12-10-27(11-13-28)15-18-4-2-3-5-21(18)25/h2-9,14H,10-13,15-16H2,1H3. The second kappa shape index (κ2) is 9.49. The molecule has 0 atom stereocenters. The van der Waals surface area contributed by atoms with E-state index in [0.29, 0.717) is 54.8 Å². The van der Waals surface area contributed by atoms with Gasteiger partial charge in [-0.15, -0.1) is 0 Å². The zero-order valence-corrected chi connectivity index (χ0v) is 18.1. The van der Waals surface area contributed by atoms with Gasteiger partial charge in [-0.2, -0.15) is 5.10 Å². The first-order valence-corrected chi connectivity index (χ1v) is 10.5. The first kappa shape index (κ1) is 21.3. The molecule has 0 saturated carbocycles. The topological polar surface area (TPSA) is 50.6 Å². The molecular formula is C23H24ClFN4O2. The van der Waals surface area contributed by atoms with E-state index < -0.39 is 0 Å². The van der Waals surface area contributed by atoms with Crippen molar-refractivity contribution in [3.63, 3.8) is 0 Å². The number of carbonyl (C=O) groups is 1. The van der Waals surface area contributed by atoms with Crippen molar-refractivity contribution in [2.75, 3.05) is 26.2 Å². The Morgan fingerprint density at radius 3 is 2.65 bits per heavy atom. The summed E-state index contributed by atoms with van der Waals surface area (Å²) in [6.45, 7) is 5.21. The minimum absolute atomic E-state index is 0.105. The third kappa shape index (κ3) is 5.24. The molecule has 4 rings (SSSR count). The Labute approximate surface area is 185 Å². The van der Waals surface area contributed by atoms with Gasteiger partial charge in [0, 0.05) is 49.5 Å². The van der Waals surface area contributed by atoms with E-state index in [1.807, 2.05) is 19.1 Å². The minimum Gasteiger partial charge on any atom is -0.471 e. The quantitative estimate of drug-likeness (QED) is 0.579. The fourth-order valence-electron chi connectivity index (χ4n) is 3.53. The summed E-state index contributed by atoms with van der Waals surface area (Å²) >= 11 is 6.03. The van der Waals surface area contributed by atoms with Gasteiger partial charge in [0.2, 0.25) is 0 Å². The number of piperazine rings is 1. The molecule has 1 aliphatic heterocycles. The summed E-state index contributed by atoms with van der Waals surface area (Å²) in [6, 6.07) is 13.9. The highest BCUT2D eigenvalue weighted by molar-refractivity contribution is 6.31. The maximum absolute atomic E-state index is 13.9. The van der Waals surface area contributed by atoms with Crippen LogP contribution >= 0.6 is 11.6 Å². The SMILES string of the molecule is Cc1cc(OCn2ccc(C(=O)N3CCN(Cc4ccccc4F)CC3)n2)ccc1Cl. The number of aryl methyl sites for hydroxylation is 1. The maximum atomic E-state index is 13.9. The fourth-order valence-corrected chi connectivity index (χ4v) is 3.65.